The first-order chi connectivity index (χ1) is 15.8. The number of carbonyl (C=O) groups excluding carboxylic acids is 2. The highest BCUT2D eigenvalue weighted by Crippen LogP contribution is 2.31. The van der Waals surface area contributed by atoms with E-state index in [1.807, 2.05) is 24.5 Å². The number of thioether (sulfide) groups is 1. The van der Waals surface area contributed by atoms with Crippen molar-refractivity contribution < 1.29 is 19.4 Å². The molecule has 1 atom stereocenters. The summed E-state index contributed by atoms with van der Waals surface area (Å²) in [6.45, 7) is 4.03. The topological polar surface area (TPSA) is 88.0 Å². The molecule has 0 fully saturated rings. The van der Waals surface area contributed by atoms with E-state index in [-0.39, 0.29) is 36.3 Å². The molecule has 0 spiro atoms. The number of aliphatic hydroxyl groups excluding tert-OH is 1. The second-order valence-electron chi connectivity index (χ2n) is 8.88. The summed E-state index contributed by atoms with van der Waals surface area (Å²) in [7, 11) is 1.62. The Labute approximate surface area is 199 Å². The third kappa shape index (κ3) is 6.45. The number of nitrogens with zero attached hydrogens (tertiary/aromatic N) is 1. The SMILES string of the molecule is COc1ccc2c(c1)C(CC(=O)c1ccc(C(=O)N[C@H](CO)CCSC)cc1)=NC(C)(C)C2. The molecule has 0 radical (unpaired) electrons. The number of fused-ring (bicyclic) bond motifs is 1. The van der Waals surface area contributed by atoms with Gasteiger partial charge in [-0.1, -0.05) is 18.2 Å². The van der Waals surface area contributed by atoms with Gasteiger partial charge in [-0.2, -0.15) is 11.8 Å². The van der Waals surface area contributed by atoms with Crippen molar-refractivity contribution in [3.63, 3.8) is 0 Å². The van der Waals surface area contributed by atoms with E-state index in [4.69, 9.17) is 9.73 Å². The van der Waals surface area contributed by atoms with E-state index in [1.54, 1.807) is 43.1 Å². The first-order valence-electron chi connectivity index (χ1n) is 11.1. The number of hydrogen-bond donors (Lipinski definition) is 2. The van der Waals surface area contributed by atoms with Gasteiger partial charge < -0.3 is 15.2 Å². The van der Waals surface area contributed by atoms with Gasteiger partial charge in [0.05, 0.1) is 37.4 Å². The molecule has 33 heavy (non-hydrogen) atoms. The standard InChI is InChI=1S/C26H32N2O4S/c1-26(2)15-19-9-10-21(32-3)13-22(19)23(28-26)14-24(30)17-5-7-18(8-6-17)25(31)27-20(16-29)11-12-33-4/h5-10,13,20,29H,11-12,14-16H2,1-4H3,(H,27,31)/t20-/m0/s1. The van der Waals surface area contributed by atoms with Crippen LogP contribution in [0, 0.1) is 0 Å². The molecule has 1 heterocycles. The van der Waals surface area contributed by atoms with Gasteiger partial charge in [0.25, 0.3) is 5.91 Å². The maximum Gasteiger partial charge on any atom is 0.251 e. The molecule has 0 unspecified atom stereocenters. The smallest absolute Gasteiger partial charge is 0.251 e. The lowest BCUT2D eigenvalue weighted by Gasteiger charge is -2.29. The van der Waals surface area contributed by atoms with E-state index < -0.39 is 0 Å². The Morgan fingerprint density at radius 1 is 1.18 bits per heavy atom. The van der Waals surface area contributed by atoms with Crippen LogP contribution in [0.15, 0.2) is 47.5 Å². The summed E-state index contributed by atoms with van der Waals surface area (Å²) in [6.07, 6.45) is 3.67. The van der Waals surface area contributed by atoms with Crippen molar-refractivity contribution in [2.75, 3.05) is 25.7 Å². The number of aliphatic hydroxyl groups is 1. The largest absolute Gasteiger partial charge is 0.497 e. The number of nitrogens with one attached hydrogen (secondary N) is 1. The fourth-order valence-electron chi connectivity index (χ4n) is 3.97. The zero-order valence-corrected chi connectivity index (χ0v) is 20.5. The molecule has 7 heteroatoms. The quantitative estimate of drug-likeness (QED) is 0.516. The molecular formula is C26H32N2O4S. The lowest BCUT2D eigenvalue weighted by Crippen LogP contribution is -2.37. The van der Waals surface area contributed by atoms with E-state index >= 15 is 0 Å². The summed E-state index contributed by atoms with van der Waals surface area (Å²) in [4.78, 5) is 30.4. The summed E-state index contributed by atoms with van der Waals surface area (Å²) in [5.41, 5.74) is 3.58. The predicted molar refractivity (Wildman–Crippen MR) is 134 cm³/mol. The normalized spacial score (nSPS) is 15.2. The minimum absolute atomic E-state index is 0.0552. The number of amides is 1. The number of methoxy groups -OCH3 is 1. The number of aliphatic imine (C=N–C) groups is 1. The van der Waals surface area contributed by atoms with Gasteiger partial charge in [0.15, 0.2) is 5.78 Å². The Bertz CT molecular complexity index is 1030. The van der Waals surface area contributed by atoms with Crippen molar-refractivity contribution in [3.8, 4) is 5.75 Å². The summed E-state index contributed by atoms with van der Waals surface area (Å²) < 4.78 is 5.37. The van der Waals surface area contributed by atoms with E-state index in [0.29, 0.717) is 17.5 Å². The van der Waals surface area contributed by atoms with Gasteiger partial charge >= 0.3 is 0 Å². The average Bonchev–Trinajstić information content (AvgIpc) is 2.80. The molecule has 1 aliphatic rings. The molecule has 0 aliphatic carbocycles. The fourth-order valence-corrected chi connectivity index (χ4v) is 4.49. The van der Waals surface area contributed by atoms with Crippen LogP contribution in [-0.2, 0) is 6.42 Å². The lowest BCUT2D eigenvalue weighted by molar-refractivity contribution is 0.0914. The summed E-state index contributed by atoms with van der Waals surface area (Å²) in [6, 6.07) is 12.3. The van der Waals surface area contributed by atoms with Gasteiger partial charge in [0, 0.05) is 16.7 Å². The van der Waals surface area contributed by atoms with Gasteiger partial charge in [0.2, 0.25) is 0 Å². The molecule has 2 N–H and O–H groups in total. The summed E-state index contributed by atoms with van der Waals surface area (Å²) >= 11 is 1.67. The first-order valence-corrected chi connectivity index (χ1v) is 12.5. The molecule has 2 aromatic rings. The molecule has 6 nitrogen and oxygen atoms in total. The molecule has 1 aliphatic heterocycles. The van der Waals surface area contributed by atoms with Crippen LogP contribution in [0.25, 0.3) is 0 Å². The van der Waals surface area contributed by atoms with Gasteiger partial charge in [0.1, 0.15) is 5.75 Å². The van der Waals surface area contributed by atoms with E-state index in [0.717, 1.165) is 34.8 Å². The van der Waals surface area contributed by atoms with Crippen molar-refractivity contribution in [2.45, 2.75) is 44.7 Å². The second-order valence-corrected chi connectivity index (χ2v) is 9.87. The summed E-state index contributed by atoms with van der Waals surface area (Å²) in [5, 5.41) is 12.3. The first kappa shape index (κ1) is 25.0. The second kappa shape index (κ2) is 11.0. The zero-order valence-electron chi connectivity index (χ0n) is 19.7. The fraction of sp³-hybridized carbons (Fsp3) is 0.423. The third-order valence-corrected chi connectivity index (χ3v) is 6.36. The Balaban J connectivity index is 1.73. The Morgan fingerprint density at radius 3 is 2.52 bits per heavy atom. The summed E-state index contributed by atoms with van der Waals surface area (Å²) in [5.74, 6) is 1.28. The van der Waals surface area contributed by atoms with Crippen molar-refractivity contribution in [3.05, 3.63) is 64.7 Å². The van der Waals surface area contributed by atoms with Crippen molar-refractivity contribution in [1.29, 1.82) is 0 Å². The highest BCUT2D eigenvalue weighted by Gasteiger charge is 2.28. The van der Waals surface area contributed by atoms with Gasteiger partial charge in [-0.3, -0.25) is 14.6 Å². The number of Topliss-reactive ketones (excluding diaryl/α,β-unsaturated/α-hetero) is 1. The van der Waals surface area contributed by atoms with Crippen LogP contribution in [0.5, 0.6) is 5.75 Å². The number of hydrogen-bond acceptors (Lipinski definition) is 6. The van der Waals surface area contributed by atoms with E-state index in [2.05, 4.69) is 19.2 Å². The van der Waals surface area contributed by atoms with Crippen LogP contribution < -0.4 is 10.1 Å². The number of ether oxygens (including phenoxy) is 1. The maximum atomic E-state index is 13.1. The minimum atomic E-state index is -0.281. The monoisotopic (exact) mass is 468 g/mol. The molecule has 0 saturated heterocycles. The van der Waals surface area contributed by atoms with Crippen LogP contribution in [0.2, 0.25) is 0 Å². The number of ketones is 1. The number of rotatable bonds is 10. The Kier molecular flexibility index (Phi) is 8.32. The van der Waals surface area contributed by atoms with Crippen LogP contribution in [0.1, 0.15) is 58.5 Å². The van der Waals surface area contributed by atoms with Crippen LogP contribution in [0.4, 0.5) is 0 Å². The zero-order chi connectivity index (χ0) is 24.0. The van der Waals surface area contributed by atoms with Crippen LogP contribution in [0.3, 0.4) is 0 Å². The van der Waals surface area contributed by atoms with Gasteiger partial charge in [-0.15, -0.1) is 0 Å². The third-order valence-electron chi connectivity index (χ3n) is 5.71. The number of benzene rings is 2. The molecule has 176 valence electrons. The molecule has 1 amide bonds. The van der Waals surface area contributed by atoms with E-state index in [1.165, 1.54) is 0 Å². The lowest BCUT2D eigenvalue weighted by atomic mass is 9.85. The highest BCUT2D eigenvalue weighted by atomic mass is 32.2. The van der Waals surface area contributed by atoms with Crippen LogP contribution >= 0.6 is 11.8 Å². The van der Waals surface area contributed by atoms with Crippen molar-refractivity contribution in [1.82, 2.24) is 5.32 Å². The van der Waals surface area contributed by atoms with Gasteiger partial charge in [-0.05, 0) is 68.5 Å². The molecule has 3 rings (SSSR count). The molecule has 0 aromatic heterocycles. The minimum Gasteiger partial charge on any atom is -0.497 e. The number of carbonyl (C=O) groups is 2. The molecule has 0 bridgehead atoms. The Morgan fingerprint density at radius 2 is 1.88 bits per heavy atom. The Hall–Kier alpha value is -2.64. The molecule has 2 aromatic carbocycles. The predicted octanol–water partition coefficient (Wildman–Crippen LogP) is 3.94. The average molecular weight is 469 g/mol. The van der Waals surface area contributed by atoms with Crippen LogP contribution in [-0.4, -0.2) is 59.8 Å². The van der Waals surface area contributed by atoms with Crippen molar-refractivity contribution >= 4 is 29.2 Å². The van der Waals surface area contributed by atoms with E-state index in [9.17, 15) is 14.7 Å². The van der Waals surface area contributed by atoms with Gasteiger partial charge in [-0.25, -0.2) is 0 Å². The highest BCUT2D eigenvalue weighted by molar-refractivity contribution is 7.98. The molecule has 0 saturated carbocycles. The maximum absolute atomic E-state index is 13.1. The van der Waals surface area contributed by atoms with Crippen molar-refractivity contribution in [2.24, 2.45) is 4.99 Å². The molecular weight excluding hydrogens is 436 g/mol.